The molecular formula is C10H17ClN2. The van der Waals surface area contributed by atoms with E-state index in [4.69, 9.17) is 11.6 Å². The van der Waals surface area contributed by atoms with Crippen LogP contribution in [0.4, 0.5) is 0 Å². The quantitative estimate of drug-likeness (QED) is 0.669. The van der Waals surface area contributed by atoms with E-state index in [2.05, 4.69) is 23.4 Å². The van der Waals surface area contributed by atoms with Gasteiger partial charge in [0, 0.05) is 30.7 Å². The van der Waals surface area contributed by atoms with Crippen molar-refractivity contribution in [3.8, 4) is 0 Å². The second-order valence-electron chi connectivity index (χ2n) is 3.22. The lowest BCUT2D eigenvalue weighted by atomic mass is 10.2. The number of alkyl halides is 1. The molecule has 0 aliphatic heterocycles. The van der Waals surface area contributed by atoms with E-state index in [1.54, 1.807) is 0 Å². The standard InChI is InChI=1S/C10H17ClN2/c1-3-5-9(11)8-10-12-6-7-13(10)4-2/h6-7,9H,3-5,8H2,1-2H3. The van der Waals surface area contributed by atoms with Crippen LogP contribution in [0, 0.1) is 0 Å². The molecule has 0 bridgehead atoms. The molecule has 2 nitrogen and oxygen atoms in total. The first-order valence-electron chi connectivity index (χ1n) is 4.92. The predicted octanol–water partition coefficient (Wildman–Crippen LogP) is 2.85. The van der Waals surface area contributed by atoms with E-state index in [1.807, 2.05) is 12.4 Å². The summed E-state index contributed by atoms with van der Waals surface area (Å²) in [5.74, 6) is 1.11. The zero-order valence-corrected chi connectivity index (χ0v) is 9.09. The fraction of sp³-hybridized carbons (Fsp3) is 0.700. The van der Waals surface area contributed by atoms with Crippen LogP contribution < -0.4 is 0 Å². The number of imidazole rings is 1. The van der Waals surface area contributed by atoms with Crippen molar-refractivity contribution >= 4 is 11.6 Å². The fourth-order valence-corrected chi connectivity index (χ4v) is 1.79. The van der Waals surface area contributed by atoms with Gasteiger partial charge in [-0.2, -0.15) is 0 Å². The molecule has 1 heterocycles. The number of aromatic nitrogens is 2. The highest BCUT2D eigenvalue weighted by Crippen LogP contribution is 2.11. The van der Waals surface area contributed by atoms with E-state index < -0.39 is 0 Å². The van der Waals surface area contributed by atoms with Gasteiger partial charge >= 0.3 is 0 Å². The molecule has 0 aromatic carbocycles. The smallest absolute Gasteiger partial charge is 0.110 e. The number of rotatable bonds is 5. The summed E-state index contributed by atoms with van der Waals surface area (Å²) in [4.78, 5) is 4.29. The number of nitrogens with zero attached hydrogens (tertiary/aromatic N) is 2. The Morgan fingerprint density at radius 3 is 2.92 bits per heavy atom. The van der Waals surface area contributed by atoms with E-state index in [9.17, 15) is 0 Å². The molecule has 13 heavy (non-hydrogen) atoms. The molecule has 74 valence electrons. The number of hydrogen-bond donors (Lipinski definition) is 0. The van der Waals surface area contributed by atoms with Gasteiger partial charge in [-0.05, 0) is 13.3 Å². The van der Waals surface area contributed by atoms with Crippen molar-refractivity contribution in [3.63, 3.8) is 0 Å². The van der Waals surface area contributed by atoms with Gasteiger partial charge in [0.2, 0.25) is 0 Å². The molecule has 0 spiro atoms. The van der Waals surface area contributed by atoms with Crippen LogP contribution in [0.15, 0.2) is 12.4 Å². The van der Waals surface area contributed by atoms with Crippen LogP contribution in [0.1, 0.15) is 32.5 Å². The lowest BCUT2D eigenvalue weighted by molar-refractivity contribution is 0.646. The Balaban J connectivity index is 2.52. The Kier molecular flexibility index (Phi) is 4.29. The van der Waals surface area contributed by atoms with Crippen molar-refractivity contribution < 1.29 is 0 Å². The topological polar surface area (TPSA) is 17.8 Å². The van der Waals surface area contributed by atoms with E-state index in [0.29, 0.717) is 0 Å². The van der Waals surface area contributed by atoms with Crippen LogP contribution in [-0.2, 0) is 13.0 Å². The number of halogens is 1. The minimum atomic E-state index is 0.234. The summed E-state index contributed by atoms with van der Waals surface area (Å²) >= 11 is 6.15. The van der Waals surface area contributed by atoms with Crippen LogP contribution in [0.25, 0.3) is 0 Å². The Bertz CT molecular complexity index is 245. The molecule has 0 N–H and O–H groups in total. The van der Waals surface area contributed by atoms with Crippen molar-refractivity contribution in [1.29, 1.82) is 0 Å². The van der Waals surface area contributed by atoms with E-state index in [-0.39, 0.29) is 5.38 Å². The maximum Gasteiger partial charge on any atom is 0.110 e. The Morgan fingerprint density at radius 2 is 2.31 bits per heavy atom. The van der Waals surface area contributed by atoms with Crippen molar-refractivity contribution in [2.75, 3.05) is 0 Å². The van der Waals surface area contributed by atoms with Gasteiger partial charge < -0.3 is 4.57 Å². The van der Waals surface area contributed by atoms with Crippen molar-refractivity contribution in [1.82, 2.24) is 9.55 Å². The summed E-state index contributed by atoms with van der Waals surface area (Å²) in [5, 5.41) is 0.234. The van der Waals surface area contributed by atoms with Gasteiger partial charge in [-0.15, -0.1) is 11.6 Å². The van der Waals surface area contributed by atoms with Gasteiger partial charge in [0.1, 0.15) is 5.82 Å². The van der Waals surface area contributed by atoms with Crippen LogP contribution >= 0.6 is 11.6 Å². The van der Waals surface area contributed by atoms with Crippen LogP contribution in [0.2, 0.25) is 0 Å². The Labute approximate surface area is 84.9 Å². The Morgan fingerprint density at radius 1 is 1.54 bits per heavy atom. The van der Waals surface area contributed by atoms with Gasteiger partial charge in [0.25, 0.3) is 0 Å². The molecule has 1 aromatic heterocycles. The highest BCUT2D eigenvalue weighted by atomic mass is 35.5. The highest BCUT2D eigenvalue weighted by molar-refractivity contribution is 6.20. The SMILES string of the molecule is CCCC(Cl)Cc1nccn1CC. The fourth-order valence-electron chi connectivity index (χ4n) is 1.43. The lowest BCUT2D eigenvalue weighted by Gasteiger charge is -2.08. The molecule has 0 amide bonds. The molecule has 0 radical (unpaired) electrons. The van der Waals surface area contributed by atoms with Crippen molar-refractivity contribution in [2.24, 2.45) is 0 Å². The molecule has 0 aliphatic rings. The van der Waals surface area contributed by atoms with Crippen molar-refractivity contribution in [3.05, 3.63) is 18.2 Å². The summed E-state index contributed by atoms with van der Waals surface area (Å²) in [5.41, 5.74) is 0. The zero-order valence-electron chi connectivity index (χ0n) is 8.33. The molecular weight excluding hydrogens is 184 g/mol. The Hall–Kier alpha value is -0.500. The monoisotopic (exact) mass is 200 g/mol. The molecule has 0 fully saturated rings. The summed E-state index contributed by atoms with van der Waals surface area (Å²) in [6.07, 6.45) is 6.94. The average Bonchev–Trinajstić information content (AvgIpc) is 2.52. The molecule has 1 atom stereocenters. The lowest BCUT2D eigenvalue weighted by Crippen LogP contribution is -2.09. The third-order valence-electron chi connectivity index (χ3n) is 2.15. The third-order valence-corrected chi connectivity index (χ3v) is 2.52. The molecule has 3 heteroatoms. The third kappa shape index (κ3) is 3.03. The molecule has 1 unspecified atom stereocenters. The second-order valence-corrected chi connectivity index (χ2v) is 3.84. The predicted molar refractivity (Wildman–Crippen MR) is 56.2 cm³/mol. The zero-order chi connectivity index (χ0) is 9.68. The minimum absolute atomic E-state index is 0.234. The van der Waals surface area contributed by atoms with E-state index in [1.165, 1.54) is 0 Å². The van der Waals surface area contributed by atoms with Crippen LogP contribution in [-0.4, -0.2) is 14.9 Å². The number of hydrogen-bond acceptors (Lipinski definition) is 1. The van der Waals surface area contributed by atoms with Gasteiger partial charge in [0.15, 0.2) is 0 Å². The molecule has 1 aromatic rings. The second kappa shape index (κ2) is 5.28. The molecule has 1 rings (SSSR count). The summed E-state index contributed by atoms with van der Waals surface area (Å²) in [7, 11) is 0. The van der Waals surface area contributed by atoms with Crippen molar-refractivity contribution in [2.45, 2.75) is 45.0 Å². The summed E-state index contributed by atoms with van der Waals surface area (Å²) in [6, 6.07) is 0. The maximum atomic E-state index is 6.15. The van der Waals surface area contributed by atoms with Gasteiger partial charge in [0.05, 0.1) is 0 Å². The largest absolute Gasteiger partial charge is 0.335 e. The molecule has 0 saturated carbocycles. The summed E-state index contributed by atoms with van der Waals surface area (Å²) in [6.45, 7) is 5.25. The van der Waals surface area contributed by atoms with E-state index in [0.717, 1.165) is 31.6 Å². The van der Waals surface area contributed by atoms with Crippen LogP contribution in [0.3, 0.4) is 0 Å². The van der Waals surface area contributed by atoms with Gasteiger partial charge in [-0.3, -0.25) is 0 Å². The summed E-state index contributed by atoms with van der Waals surface area (Å²) < 4.78 is 2.14. The molecule has 0 saturated heterocycles. The molecule has 0 aliphatic carbocycles. The average molecular weight is 201 g/mol. The normalized spacial score (nSPS) is 13.2. The highest BCUT2D eigenvalue weighted by Gasteiger charge is 2.08. The number of aryl methyl sites for hydroxylation is 1. The maximum absolute atomic E-state index is 6.15. The minimum Gasteiger partial charge on any atom is -0.335 e. The van der Waals surface area contributed by atoms with Gasteiger partial charge in [-0.1, -0.05) is 13.3 Å². The van der Waals surface area contributed by atoms with E-state index >= 15 is 0 Å². The first-order valence-corrected chi connectivity index (χ1v) is 5.35. The first kappa shape index (κ1) is 10.6. The van der Waals surface area contributed by atoms with Gasteiger partial charge in [-0.25, -0.2) is 4.98 Å². The van der Waals surface area contributed by atoms with Crippen LogP contribution in [0.5, 0.6) is 0 Å². The first-order chi connectivity index (χ1) is 6.27.